The van der Waals surface area contributed by atoms with E-state index < -0.39 is 0 Å². The summed E-state index contributed by atoms with van der Waals surface area (Å²) in [5, 5.41) is 0.753. The van der Waals surface area contributed by atoms with Gasteiger partial charge in [-0.1, -0.05) is 37.6 Å². The van der Waals surface area contributed by atoms with Gasteiger partial charge >= 0.3 is 0 Å². The molecule has 2 aromatic heterocycles. The van der Waals surface area contributed by atoms with Crippen LogP contribution in [-0.2, 0) is 0 Å². The lowest BCUT2D eigenvalue weighted by atomic mass is 9.99. The van der Waals surface area contributed by atoms with Gasteiger partial charge in [-0.3, -0.25) is 4.98 Å². The highest BCUT2D eigenvalue weighted by molar-refractivity contribution is 6.30. The minimum atomic E-state index is 0.450. The van der Waals surface area contributed by atoms with E-state index in [1.54, 1.807) is 0 Å². The summed E-state index contributed by atoms with van der Waals surface area (Å²) in [6, 6.07) is 14.2. The number of hydrogen-bond acceptors (Lipinski definition) is 1. The maximum Gasteiger partial charge on any atom is 0.0495 e. The zero-order valence-corrected chi connectivity index (χ0v) is 12.9. The Morgan fingerprint density at radius 3 is 2.24 bits per heavy atom. The highest BCUT2D eigenvalue weighted by atomic mass is 35.5. The first kappa shape index (κ1) is 13.9. The fourth-order valence-electron chi connectivity index (χ4n) is 2.47. The largest absolute Gasteiger partial charge is 0.354 e. The van der Waals surface area contributed by atoms with Gasteiger partial charge < -0.3 is 4.98 Å². The normalized spacial score (nSPS) is 11.0. The fourth-order valence-corrected chi connectivity index (χ4v) is 2.59. The van der Waals surface area contributed by atoms with Gasteiger partial charge in [0.1, 0.15) is 0 Å². The molecule has 0 saturated carbocycles. The van der Waals surface area contributed by atoms with Gasteiger partial charge in [0.2, 0.25) is 0 Å². The van der Waals surface area contributed by atoms with Crippen molar-refractivity contribution in [1.82, 2.24) is 9.97 Å². The number of H-pyrrole nitrogens is 1. The van der Waals surface area contributed by atoms with E-state index in [2.05, 4.69) is 29.9 Å². The Labute approximate surface area is 129 Å². The third kappa shape index (κ3) is 2.86. The lowest BCUT2D eigenvalue weighted by molar-refractivity contribution is 0.871. The summed E-state index contributed by atoms with van der Waals surface area (Å²) in [4.78, 5) is 7.64. The predicted molar refractivity (Wildman–Crippen MR) is 88.6 cm³/mol. The molecule has 0 atom stereocenters. The summed E-state index contributed by atoms with van der Waals surface area (Å²) >= 11 is 5.96. The monoisotopic (exact) mass is 296 g/mol. The van der Waals surface area contributed by atoms with Crippen molar-refractivity contribution in [1.29, 1.82) is 0 Å². The van der Waals surface area contributed by atoms with Crippen LogP contribution in [0.25, 0.3) is 22.5 Å². The minimum absolute atomic E-state index is 0.450. The number of hydrogen-bond donors (Lipinski definition) is 1. The van der Waals surface area contributed by atoms with E-state index in [1.807, 2.05) is 48.8 Å². The van der Waals surface area contributed by atoms with Gasteiger partial charge in [-0.05, 0) is 47.4 Å². The first-order valence-electron chi connectivity index (χ1n) is 7.04. The molecule has 0 amide bonds. The zero-order chi connectivity index (χ0) is 14.8. The second-order valence-electron chi connectivity index (χ2n) is 5.41. The van der Waals surface area contributed by atoms with E-state index in [0.717, 1.165) is 27.5 Å². The van der Waals surface area contributed by atoms with Crippen molar-refractivity contribution in [2.75, 3.05) is 0 Å². The number of benzene rings is 1. The van der Waals surface area contributed by atoms with Gasteiger partial charge in [0.25, 0.3) is 0 Å². The molecule has 1 aromatic carbocycles. The molecule has 0 aliphatic rings. The molecule has 106 valence electrons. The topological polar surface area (TPSA) is 28.7 Å². The molecule has 0 bridgehead atoms. The van der Waals surface area contributed by atoms with Crippen LogP contribution in [0.15, 0.2) is 54.9 Å². The molecule has 0 aliphatic carbocycles. The quantitative estimate of drug-likeness (QED) is 0.677. The second-order valence-corrected chi connectivity index (χ2v) is 5.85. The Bertz CT molecular complexity index is 728. The summed E-state index contributed by atoms with van der Waals surface area (Å²) in [6.45, 7) is 4.42. The smallest absolute Gasteiger partial charge is 0.0495 e. The number of aromatic amines is 1. The van der Waals surface area contributed by atoms with Crippen LogP contribution in [0.3, 0.4) is 0 Å². The Hall–Kier alpha value is -2.06. The fraction of sp³-hybridized carbons (Fsp3) is 0.167. The first-order valence-corrected chi connectivity index (χ1v) is 7.42. The molecule has 0 unspecified atom stereocenters. The van der Waals surface area contributed by atoms with Crippen molar-refractivity contribution >= 4 is 11.6 Å². The minimum Gasteiger partial charge on any atom is -0.354 e. The van der Waals surface area contributed by atoms with Crippen LogP contribution in [0.1, 0.15) is 25.3 Å². The van der Waals surface area contributed by atoms with Gasteiger partial charge in [0.15, 0.2) is 0 Å². The first-order chi connectivity index (χ1) is 10.1. The molecular weight excluding hydrogens is 280 g/mol. The number of aromatic nitrogens is 2. The van der Waals surface area contributed by atoms with Crippen LogP contribution in [0.4, 0.5) is 0 Å². The summed E-state index contributed by atoms with van der Waals surface area (Å²) in [7, 11) is 0. The van der Waals surface area contributed by atoms with E-state index in [9.17, 15) is 0 Å². The van der Waals surface area contributed by atoms with Crippen LogP contribution in [0, 0.1) is 0 Å². The van der Waals surface area contributed by atoms with Crippen LogP contribution in [-0.4, -0.2) is 9.97 Å². The average Bonchev–Trinajstić information content (AvgIpc) is 2.94. The molecule has 1 N–H and O–H groups in total. The summed E-state index contributed by atoms with van der Waals surface area (Å²) < 4.78 is 0. The molecule has 2 nitrogen and oxygen atoms in total. The Balaban J connectivity index is 2.11. The average molecular weight is 297 g/mol. The molecule has 0 saturated heterocycles. The van der Waals surface area contributed by atoms with Crippen LogP contribution in [0.2, 0.25) is 5.02 Å². The number of halogens is 1. The van der Waals surface area contributed by atoms with Crippen molar-refractivity contribution in [3.8, 4) is 22.5 Å². The zero-order valence-electron chi connectivity index (χ0n) is 12.1. The Morgan fingerprint density at radius 1 is 0.952 bits per heavy atom. The highest BCUT2D eigenvalue weighted by Gasteiger charge is 2.13. The molecule has 3 rings (SSSR count). The van der Waals surface area contributed by atoms with Crippen molar-refractivity contribution in [3.63, 3.8) is 0 Å². The molecular formula is C18H17ClN2. The van der Waals surface area contributed by atoms with Crippen molar-refractivity contribution in [3.05, 3.63) is 65.4 Å². The number of nitrogens with zero attached hydrogens (tertiary/aromatic N) is 1. The molecule has 21 heavy (non-hydrogen) atoms. The summed E-state index contributed by atoms with van der Waals surface area (Å²) in [6.07, 6.45) is 3.64. The third-order valence-electron chi connectivity index (χ3n) is 3.59. The highest BCUT2D eigenvalue weighted by Crippen LogP contribution is 2.33. The molecule has 3 aromatic rings. The van der Waals surface area contributed by atoms with E-state index in [4.69, 9.17) is 11.6 Å². The lowest BCUT2D eigenvalue weighted by Crippen LogP contribution is -1.89. The lowest BCUT2D eigenvalue weighted by Gasteiger charge is -2.06. The molecule has 2 heterocycles. The van der Waals surface area contributed by atoms with E-state index in [0.29, 0.717) is 5.92 Å². The SMILES string of the molecule is CC(C)c1cc(-c2ccc(Cl)cc2)[nH]c1-c1ccncc1. The van der Waals surface area contributed by atoms with Crippen molar-refractivity contribution < 1.29 is 0 Å². The van der Waals surface area contributed by atoms with E-state index >= 15 is 0 Å². The number of pyridine rings is 1. The third-order valence-corrected chi connectivity index (χ3v) is 3.85. The summed E-state index contributed by atoms with van der Waals surface area (Å²) in [5.41, 5.74) is 5.89. The van der Waals surface area contributed by atoms with Crippen LogP contribution in [0.5, 0.6) is 0 Å². The van der Waals surface area contributed by atoms with E-state index in [1.165, 1.54) is 5.56 Å². The van der Waals surface area contributed by atoms with Gasteiger partial charge in [-0.2, -0.15) is 0 Å². The Morgan fingerprint density at radius 2 is 1.62 bits per heavy atom. The van der Waals surface area contributed by atoms with E-state index in [-0.39, 0.29) is 0 Å². The standard InChI is InChI=1S/C18H17ClN2/c1-12(2)16-11-17(13-3-5-15(19)6-4-13)21-18(16)14-7-9-20-10-8-14/h3-12,21H,1-2H3. The van der Waals surface area contributed by atoms with Gasteiger partial charge in [-0.15, -0.1) is 0 Å². The molecule has 0 spiro atoms. The van der Waals surface area contributed by atoms with Crippen LogP contribution < -0.4 is 0 Å². The van der Waals surface area contributed by atoms with Gasteiger partial charge in [-0.25, -0.2) is 0 Å². The maximum atomic E-state index is 5.96. The summed E-state index contributed by atoms with van der Waals surface area (Å²) in [5.74, 6) is 0.450. The van der Waals surface area contributed by atoms with Gasteiger partial charge in [0.05, 0.1) is 0 Å². The van der Waals surface area contributed by atoms with Crippen LogP contribution >= 0.6 is 11.6 Å². The molecule has 0 aliphatic heterocycles. The maximum absolute atomic E-state index is 5.96. The second kappa shape index (κ2) is 5.74. The van der Waals surface area contributed by atoms with Crippen molar-refractivity contribution in [2.24, 2.45) is 0 Å². The van der Waals surface area contributed by atoms with Gasteiger partial charge in [0, 0.05) is 34.4 Å². The predicted octanol–water partition coefficient (Wildman–Crippen LogP) is 5.52. The number of rotatable bonds is 3. The molecule has 0 fully saturated rings. The Kier molecular flexibility index (Phi) is 3.80. The number of nitrogens with one attached hydrogen (secondary N) is 1. The van der Waals surface area contributed by atoms with Crippen molar-refractivity contribution in [2.45, 2.75) is 19.8 Å². The molecule has 0 radical (unpaired) electrons. The molecule has 3 heteroatoms.